The van der Waals surface area contributed by atoms with E-state index in [1.807, 2.05) is 24.3 Å². The molecule has 3 aromatic rings. The number of benzene rings is 3. The Morgan fingerprint density at radius 2 is 1.27 bits per heavy atom. The third kappa shape index (κ3) is 7.74. The van der Waals surface area contributed by atoms with Crippen molar-refractivity contribution in [3.05, 3.63) is 77.4 Å². The molecular weight excluding hydrogens is 500 g/mol. The summed E-state index contributed by atoms with van der Waals surface area (Å²) in [6.45, 7) is 7.81. The number of carbonyl (C=O) groups excluding carboxylic acids is 2. The van der Waals surface area contributed by atoms with Crippen molar-refractivity contribution in [2.45, 2.75) is 78.6 Å². The van der Waals surface area contributed by atoms with E-state index in [9.17, 15) is 9.59 Å². The average Bonchev–Trinajstić information content (AvgIpc) is 3.26. The Morgan fingerprint density at radius 3 is 1.98 bits per heavy atom. The second-order valence-corrected chi connectivity index (χ2v) is 10.8. The summed E-state index contributed by atoms with van der Waals surface area (Å²) >= 11 is 0. The maximum atomic E-state index is 13.2. The van der Waals surface area contributed by atoms with Gasteiger partial charge in [0.1, 0.15) is 17.2 Å². The molecule has 0 amide bonds. The Balaban J connectivity index is 1.30. The van der Waals surface area contributed by atoms with Gasteiger partial charge in [0.2, 0.25) is 0 Å². The number of ketones is 1. The van der Waals surface area contributed by atoms with Gasteiger partial charge < -0.3 is 14.2 Å². The smallest absolute Gasteiger partial charge is 0.343 e. The van der Waals surface area contributed by atoms with E-state index in [2.05, 4.69) is 20.8 Å². The van der Waals surface area contributed by atoms with Crippen molar-refractivity contribution in [1.82, 2.24) is 0 Å². The van der Waals surface area contributed by atoms with Crippen LogP contribution in [0.2, 0.25) is 0 Å². The lowest BCUT2D eigenvalue weighted by Gasteiger charge is -2.11. The van der Waals surface area contributed by atoms with Crippen molar-refractivity contribution < 1.29 is 23.8 Å². The summed E-state index contributed by atoms with van der Waals surface area (Å²) in [4.78, 5) is 26.1. The molecule has 5 heteroatoms. The molecule has 4 rings (SSSR count). The molecule has 0 fully saturated rings. The van der Waals surface area contributed by atoms with Gasteiger partial charge in [0.15, 0.2) is 5.78 Å². The summed E-state index contributed by atoms with van der Waals surface area (Å²) in [6, 6.07) is 17.9. The molecule has 1 unspecified atom stereocenters. The Bertz CT molecular complexity index is 1280. The van der Waals surface area contributed by atoms with Crippen LogP contribution in [0.15, 0.2) is 60.7 Å². The standard InChI is InChI=1S/C35H42O5/c1-4-6-7-8-9-10-11-12-21-38-29-18-20-31-30-19-13-26(22-32(30)34(36)33(31)23-29)35(37)40-28-16-14-27(15-17-28)39-24-25(3)5-2/h13-20,22-23,25H,4-12,21,24H2,1-3H3. The largest absolute Gasteiger partial charge is 0.494 e. The number of hydrogen-bond acceptors (Lipinski definition) is 5. The molecule has 0 aliphatic heterocycles. The Morgan fingerprint density at radius 1 is 0.675 bits per heavy atom. The molecule has 40 heavy (non-hydrogen) atoms. The van der Waals surface area contributed by atoms with Crippen LogP contribution < -0.4 is 14.2 Å². The zero-order valence-corrected chi connectivity index (χ0v) is 24.2. The third-order valence-electron chi connectivity index (χ3n) is 7.56. The van der Waals surface area contributed by atoms with Gasteiger partial charge in [-0.15, -0.1) is 0 Å². The molecule has 1 aliphatic rings. The van der Waals surface area contributed by atoms with Crippen LogP contribution in [0.3, 0.4) is 0 Å². The van der Waals surface area contributed by atoms with E-state index in [0.29, 0.717) is 47.3 Å². The molecule has 0 saturated heterocycles. The molecule has 0 bridgehead atoms. The first kappa shape index (κ1) is 29.4. The highest BCUT2D eigenvalue weighted by atomic mass is 16.5. The van der Waals surface area contributed by atoms with Gasteiger partial charge in [0, 0.05) is 11.1 Å². The van der Waals surface area contributed by atoms with E-state index in [0.717, 1.165) is 36.1 Å². The van der Waals surface area contributed by atoms with Crippen molar-refractivity contribution >= 4 is 11.8 Å². The Hall–Kier alpha value is -3.60. The molecule has 5 nitrogen and oxygen atoms in total. The van der Waals surface area contributed by atoms with Gasteiger partial charge in [0.25, 0.3) is 0 Å². The SMILES string of the molecule is CCCCCCCCCCOc1ccc2c(c1)C(=O)c1cc(C(=O)Oc3ccc(OCC(C)CC)cc3)ccc1-2. The predicted molar refractivity (Wildman–Crippen MR) is 160 cm³/mol. The maximum absolute atomic E-state index is 13.2. The van der Waals surface area contributed by atoms with Gasteiger partial charge in [0.05, 0.1) is 18.8 Å². The van der Waals surface area contributed by atoms with Gasteiger partial charge in [-0.3, -0.25) is 4.79 Å². The summed E-state index contributed by atoms with van der Waals surface area (Å²) in [6.07, 6.45) is 11.0. The number of ether oxygens (including phenoxy) is 3. The van der Waals surface area contributed by atoms with Crippen molar-refractivity contribution in [3.63, 3.8) is 0 Å². The Kier molecular flexibility index (Phi) is 10.8. The molecule has 212 valence electrons. The number of esters is 1. The fourth-order valence-electron chi connectivity index (χ4n) is 4.83. The van der Waals surface area contributed by atoms with Crippen LogP contribution >= 0.6 is 0 Å². The van der Waals surface area contributed by atoms with Crippen LogP contribution in [0.1, 0.15) is 105 Å². The molecule has 0 spiro atoms. The predicted octanol–water partition coefficient (Wildman–Crippen LogP) is 9.06. The zero-order valence-electron chi connectivity index (χ0n) is 24.2. The molecule has 1 atom stereocenters. The third-order valence-corrected chi connectivity index (χ3v) is 7.56. The highest BCUT2D eigenvalue weighted by molar-refractivity contribution is 6.22. The van der Waals surface area contributed by atoms with Gasteiger partial charge in [-0.25, -0.2) is 4.79 Å². The number of carbonyl (C=O) groups is 2. The fraction of sp³-hybridized carbons (Fsp3) is 0.429. The molecule has 3 aromatic carbocycles. The molecule has 0 aromatic heterocycles. The fourth-order valence-corrected chi connectivity index (χ4v) is 4.83. The zero-order chi connectivity index (χ0) is 28.3. The van der Waals surface area contributed by atoms with Crippen LogP contribution in [0, 0.1) is 5.92 Å². The normalized spacial score (nSPS) is 12.5. The minimum atomic E-state index is -0.505. The topological polar surface area (TPSA) is 61.8 Å². The van der Waals surface area contributed by atoms with E-state index in [-0.39, 0.29) is 5.78 Å². The quantitative estimate of drug-likeness (QED) is 0.0803. The number of rotatable bonds is 16. The van der Waals surface area contributed by atoms with Crippen molar-refractivity contribution in [2.75, 3.05) is 13.2 Å². The van der Waals surface area contributed by atoms with Crippen molar-refractivity contribution in [1.29, 1.82) is 0 Å². The molecular formula is C35H42O5. The first-order valence-corrected chi connectivity index (χ1v) is 14.9. The lowest BCUT2D eigenvalue weighted by molar-refractivity contribution is 0.0734. The lowest BCUT2D eigenvalue weighted by Crippen LogP contribution is -2.10. The summed E-state index contributed by atoms with van der Waals surface area (Å²) in [5.74, 6) is 1.75. The summed E-state index contributed by atoms with van der Waals surface area (Å²) in [5.41, 5.74) is 3.16. The number of unbranched alkanes of at least 4 members (excludes halogenated alkanes) is 7. The second kappa shape index (κ2) is 14.7. The Labute approximate surface area is 238 Å². The number of hydrogen-bond donors (Lipinski definition) is 0. The van der Waals surface area contributed by atoms with Crippen LogP contribution in [-0.2, 0) is 0 Å². The molecule has 0 saturated carbocycles. The van der Waals surface area contributed by atoms with E-state index in [1.165, 1.54) is 38.5 Å². The van der Waals surface area contributed by atoms with Gasteiger partial charge in [-0.2, -0.15) is 0 Å². The van der Waals surface area contributed by atoms with Gasteiger partial charge in [-0.05, 0) is 78.1 Å². The average molecular weight is 543 g/mol. The summed E-state index contributed by atoms with van der Waals surface area (Å²) < 4.78 is 17.3. The summed E-state index contributed by atoms with van der Waals surface area (Å²) in [5, 5.41) is 0. The first-order chi connectivity index (χ1) is 19.5. The maximum Gasteiger partial charge on any atom is 0.343 e. The lowest BCUT2D eigenvalue weighted by atomic mass is 10.0. The van der Waals surface area contributed by atoms with Crippen LogP contribution in [0.4, 0.5) is 0 Å². The van der Waals surface area contributed by atoms with Crippen LogP contribution in [0.5, 0.6) is 17.2 Å². The minimum absolute atomic E-state index is 0.0972. The van der Waals surface area contributed by atoms with E-state index < -0.39 is 5.97 Å². The first-order valence-electron chi connectivity index (χ1n) is 14.9. The van der Waals surface area contributed by atoms with E-state index in [1.54, 1.807) is 36.4 Å². The molecule has 0 heterocycles. The number of fused-ring (bicyclic) bond motifs is 3. The monoisotopic (exact) mass is 542 g/mol. The van der Waals surface area contributed by atoms with E-state index in [4.69, 9.17) is 14.2 Å². The highest BCUT2D eigenvalue weighted by Gasteiger charge is 2.28. The van der Waals surface area contributed by atoms with E-state index >= 15 is 0 Å². The molecule has 0 radical (unpaired) electrons. The minimum Gasteiger partial charge on any atom is -0.494 e. The summed E-state index contributed by atoms with van der Waals surface area (Å²) in [7, 11) is 0. The van der Waals surface area contributed by atoms with Crippen LogP contribution in [-0.4, -0.2) is 25.0 Å². The second-order valence-electron chi connectivity index (χ2n) is 10.8. The van der Waals surface area contributed by atoms with Gasteiger partial charge in [-0.1, -0.05) is 78.2 Å². The molecule has 1 aliphatic carbocycles. The van der Waals surface area contributed by atoms with Crippen LogP contribution in [0.25, 0.3) is 11.1 Å². The van der Waals surface area contributed by atoms with Crippen molar-refractivity contribution in [3.8, 4) is 28.4 Å². The van der Waals surface area contributed by atoms with Gasteiger partial charge >= 0.3 is 5.97 Å². The molecule has 0 N–H and O–H groups in total. The van der Waals surface area contributed by atoms with Crippen molar-refractivity contribution in [2.24, 2.45) is 5.92 Å². The highest BCUT2D eigenvalue weighted by Crippen LogP contribution is 2.39.